The molecule has 0 spiro atoms. The minimum absolute atomic E-state index is 0.104. The summed E-state index contributed by atoms with van der Waals surface area (Å²) < 4.78 is 15.1. The summed E-state index contributed by atoms with van der Waals surface area (Å²) in [6, 6.07) is 9.65. The van der Waals surface area contributed by atoms with Crippen molar-refractivity contribution in [2.24, 2.45) is 5.92 Å². The summed E-state index contributed by atoms with van der Waals surface area (Å²) in [4.78, 5) is 41.6. The van der Waals surface area contributed by atoms with Crippen LogP contribution in [0.15, 0.2) is 52.8 Å². The van der Waals surface area contributed by atoms with Gasteiger partial charge in [-0.1, -0.05) is 38.1 Å². The lowest BCUT2D eigenvalue weighted by Crippen LogP contribution is -2.40. The molecule has 4 rings (SSSR count). The second-order valence-corrected chi connectivity index (χ2v) is 12.1. The topological polar surface area (TPSA) is 91.6 Å². The van der Waals surface area contributed by atoms with Gasteiger partial charge in [-0.3, -0.25) is 19.3 Å². The number of benzene rings is 1. The van der Waals surface area contributed by atoms with Gasteiger partial charge in [0.2, 0.25) is 5.91 Å². The maximum absolute atomic E-state index is 13.8. The number of carbonyl (C=O) groups excluding carboxylic acids is 1. The molecule has 1 aliphatic rings. The van der Waals surface area contributed by atoms with Gasteiger partial charge in [-0.05, 0) is 71.9 Å². The van der Waals surface area contributed by atoms with E-state index >= 15 is 0 Å². The van der Waals surface area contributed by atoms with E-state index in [1.54, 1.807) is 12.3 Å². The molecule has 3 aromatic rings. The smallest absolute Gasteiger partial charge is 0.305 e. The predicted molar refractivity (Wildman–Crippen MR) is 156 cm³/mol. The van der Waals surface area contributed by atoms with Crippen molar-refractivity contribution in [3.05, 3.63) is 80.6 Å². The first-order chi connectivity index (χ1) is 19.0. The number of carbonyl (C=O) groups is 2. The summed E-state index contributed by atoms with van der Waals surface area (Å²) in [5.74, 6) is -1.32. The van der Waals surface area contributed by atoms with E-state index in [-0.39, 0.29) is 17.9 Å². The largest absolute Gasteiger partial charge is 0.481 e. The lowest BCUT2D eigenvalue weighted by atomic mass is 9.98. The molecule has 1 fully saturated rings. The van der Waals surface area contributed by atoms with Crippen molar-refractivity contribution < 1.29 is 19.1 Å². The zero-order chi connectivity index (χ0) is 29.0. The first-order valence-corrected chi connectivity index (χ1v) is 14.6. The number of pyridine rings is 1. The molecule has 1 aromatic carbocycles. The zero-order valence-corrected chi connectivity index (χ0v) is 24.3. The van der Waals surface area contributed by atoms with Crippen LogP contribution in [0.2, 0.25) is 0 Å². The van der Waals surface area contributed by atoms with Gasteiger partial charge in [-0.2, -0.15) is 0 Å². The van der Waals surface area contributed by atoms with Gasteiger partial charge in [0.15, 0.2) is 0 Å². The van der Waals surface area contributed by atoms with Gasteiger partial charge in [0, 0.05) is 36.8 Å². The van der Waals surface area contributed by atoms with Crippen LogP contribution in [0.1, 0.15) is 67.4 Å². The molecule has 0 radical (unpaired) electrons. The molecule has 40 heavy (non-hydrogen) atoms. The van der Waals surface area contributed by atoms with E-state index in [9.17, 15) is 23.9 Å². The van der Waals surface area contributed by atoms with Crippen molar-refractivity contribution in [2.75, 3.05) is 13.1 Å². The van der Waals surface area contributed by atoms with Gasteiger partial charge >= 0.3 is 5.97 Å². The summed E-state index contributed by atoms with van der Waals surface area (Å²) in [6.07, 6.45) is 1.47. The molecule has 9 heteroatoms. The number of nitrogens with zero attached hydrogens (tertiary/aromatic N) is 2. The van der Waals surface area contributed by atoms with Crippen LogP contribution in [-0.2, 0) is 16.1 Å². The predicted octanol–water partition coefficient (Wildman–Crippen LogP) is 5.66. The van der Waals surface area contributed by atoms with Gasteiger partial charge in [0.05, 0.1) is 12.5 Å². The normalized spacial score (nSPS) is 17.2. The Balaban J connectivity index is 1.61. The first kappa shape index (κ1) is 29.7. The minimum Gasteiger partial charge on any atom is -0.481 e. The fraction of sp³-hybridized carbons (Fsp3) is 0.452. The number of hydrogen-bond donors (Lipinski definition) is 2. The lowest BCUT2D eigenvalue weighted by molar-refractivity contribution is -0.138. The standard InChI is InChI=1S/C31H38FN3O4S/c1-19(2)12-26(35-16-22(8-9-28(35)36)15-34-11-10-24(32)17-34)31(39)33-25(14-29(37)38)23-13-27(40-18-23)30-20(3)6-5-7-21(30)4/h5-9,13,16,18-19,24-26H,10-12,14-15,17H2,1-4H3,(H,33,39)(H,37,38)/t24-,25+,26+/m1/s1. The number of hydrogen-bond acceptors (Lipinski definition) is 5. The van der Waals surface area contributed by atoms with Gasteiger partial charge in [0.25, 0.3) is 5.56 Å². The average molecular weight is 568 g/mol. The minimum atomic E-state index is -1.03. The van der Waals surface area contributed by atoms with E-state index in [2.05, 4.69) is 5.32 Å². The summed E-state index contributed by atoms with van der Waals surface area (Å²) in [5, 5.41) is 14.5. The van der Waals surface area contributed by atoms with E-state index < -0.39 is 30.1 Å². The first-order valence-electron chi connectivity index (χ1n) is 13.8. The number of amides is 1. The number of aliphatic carboxylic acids is 1. The van der Waals surface area contributed by atoms with Crippen molar-refractivity contribution in [2.45, 2.75) is 71.8 Å². The Morgan fingerprint density at radius 1 is 1.18 bits per heavy atom. The monoisotopic (exact) mass is 567 g/mol. The molecule has 2 N–H and O–H groups in total. The van der Waals surface area contributed by atoms with Gasteiger partial charge in [-0.15, -0.1) is 11.3 Å². The highest BCUT2D eigenvalue weighted by molar-refractivity contribution is 7.13. The molecule has 3 heterocycles. The van der Waals surface area contributed by atoms with Gasteiger partial charge < -0.3 is 15.0 Å². The van der Waals surface area contributed by atoms with Crippen molar-refractivity contribution in [3.8, 4) is 10.4 Å². The number of aromatic nitrogens is 1. The molecule has 0 aliphatic carbocycles. The highest BCUT2D eigenvalue weighted by atomic mass is 32.1. The molecule has 3 atom stereocenters. The second-order valence-electron chi connectivity index (χ2n) is 11.2. The highest BCUT2D eigenvalue weighted by Crippen LogP contribution is 2.35. The number of likely N-dealkylation sites (tertiary alicyclic amines) is 1. The quantitative estimate of drug-likeness (QED) is 0.312. The van der Waals surface area contributed by atoms with Crippen LogP contribution in [0.25, 0.3) is 10.4 Å². The zero-order valence-electron chi connectivity index (χ0n) is 23.5. The number of thiophene rings is 1. The van der Waals surface area contributed by atoms with Crippen molar-refractivity contribution in [1.82, 2.24) is 14.8 Å². The van der Waals surface area contributed by atoms with Crippen LogP contribution in [0, 0.1) is 19.8 Å². The van der Waals surface area contributed by atoms with E-state index in [0.717, 1.165) is 32.7 Å². The summed E-state index contributed by atoms with van der Waals surface area (Å²) in [7, 11) is 0. The Bertz CT molecular complexity index is 1400. The summed E-state index contributed by atoms with van der Waals surface area (Å²) in [5.41, 5.74) is 4.60. The summed E-state index contributed by atoms with van der Waals surface area (Å²) >= 11 is 1.52. The number of halogens is 1. The molecule has 7 nitrogen and oxygen atoms in total. The SMILES string of the molecule is Cc1cccc(C)c1-c1cc([C@H](CC(=O)O)NC(=O)[C@H](CC(C)C)n2cc(CN3CC[C@@H](F)C3)ccc2=O)cs1. The molecule has 2 aromatic heterocycles. The second kappa shape index (κ2) is 12.9. The number of alkyl halides is 1. The van der Waals surface area contributed by atoms with Crippen molar-refractivity contribution in [3.63, 3.8) is 0 Å². The Hall–Kier alpha value is -3.30. The van der Waals surface area contributed by atoms with Crippen molar-refractivity contribution in [1.29, 1.82) is 0 Å². The third kappa shape index (κ3) is 7.26. The van der Waals surface area contributed by atoms with Crippen LogP contribution < -0.4 is 10.9 Å². The Morgan fingerprint density at radius 2 is 1.90 bits per heavy atom. The maximum Gasteiger partial charge on any atom is 0.305 e. The average Bonchev–Trinajstić information content (AvgIpc) is 3.52. The molecular formula is C31H38FN3O4S. The molecule has 0 bridgehead atoms. The molecule has 0 saturated carbocycles. The molecule has 1 aliphatic heterocycles. The van der Waals surface area contributed by atoms with Crippen LogP contribution >= 0.6 is 11.3 Å². The summed E-state index contributed by atoms with van der Waals surface area (Å²) in [6.45, 7) is 9.54. The van der Waals surface area contributed by atoms with Crippen LogP contribution in [-0.4, -0.2) is 45.7 Å². The molecular weight excluding hydrogens is 529 g/mol. The highest BCUT2D eigenvalue weighted by Gasteiger charge is 2.28. The molecule has 0 unspecified atom stereocenters. The number of nitrogens with one attached hydrogen (secondary N) is 1. The van der Waals surface area contributed by atoms with Gasteiger partial charge in [0.1, 0.15) is 12.2 Å². The van der Waals surface area contributed by atoms with Gasteiger partial charge in [-0.25, -0.2) is 4.39 Å². The Labute approximate surface area is 238 Å². The van der Waals surface area contributed by atoms with E-state index in [1.807, 2.05) is 62.2 Å². The third-order valence-electron chi connectivity index (χ3n) is 7.40. The fourth-order valence-corrected chi connectivity index (χ4v) is 6.57. The Morgan fingerprint density at radius 3 is 2.52 bits per heavy atom. The molecule has 1 saturated heterocycles. The Kier molecular flexibility index (Phi) is 9.58. The fourth-order valence-electron chi connectivity index (χ4n) is 5.43. The van der Waals surface area contributed by atoms with Crippen molar-refractivity contribution >= 4 is 23.2 Å². The number of carboxylic acid groups (broad SMARTS) is 1. The number of aryl methyl sites for hydroxylation is 2. The van der Waals surface area contributed by atoms with Crippen LogP contribution in [0.3, 0.4) is 0 Å². The number of rotatable bonds is 11. The van der Waals surface area contributed by atoms with E-state index in [4.69, 9.17) is 0 Å². The van der Waals surface area contributed by atoms with Crippen LogP contribution in [0.5, 0.6) is 0 Å². The number of carboxylic acids is 1. The molecule has 214 valence electrons. The van der Waals surface area contributed by atoms with E-state index in [0.29, 0.717) is 32.5 Å². The van der Waals surface area contributed by atoms with Crippen LogP contribution in [0.4, 0.5) is 4.39 Å². The van der Waals surface area contributed by atoms with E-state index in [1.165, 1.54) is 22.0 Å². The molecule has 1 amide bonds. The third-order valence-corrected chi connectivity index (χ3v) is 8.36. The maximum atomic E-state index is 13.8. The lowest BCUT2D eigenvalue weighted by Gasteiger charge is -2.25.